The summed E-state index contributed by atoms with van der Waals surface area (Å²) in [4.78, 5) is 46.1. The topological polar surface area (TPSA) is 193 Å². The van der Waals surface area contributed by atoms with Gasteiger partial charge in [0.15, 0.2) is 5.82 Å². The number of hydrogen-bond acceptors (Lipinski definition) is 9. The fraction of sp³-hybridized carbons (Fsp3) is 0.417. The summed E-state index contributed by atoms with van der Waals surface area (Å²) in [5, 5.41) is 23.6. The SMILES string of the molecule is NC(=O)OCC1=C(C(=O)O)N2C(=O)C(Cl)(NC(=O)Cc3nnn[nH]3)[C@H]2SC1. The van der Waals surface area contributed by atoms with E-state index in [1.165, 1.54) is 0 Å². The Labute approximate surface area is 159 Å². The highest BCUT2D eigenvalue weighted by molar-refractivity contribution is 8.00. The number of nitrogens with two attached hydrogens (primary N) is 1. The third-order valence-electron chi connectivity index (χ3n) is 3.73. The number of β-lactam (4-membered cyclic amide) rings is 1. The smallest absolute Gasteiger partial charge is 0.404 e. The Hall–Kier alpha value is -2.87. The van der Waals surface area contributed by atoms with E-state index in [-0.39, 0.29) is 35.9 Å². The number of carboxylic acids is 1. The van der Waals surface area contributed by atoms with Crippen LogP contribution in [0.1, 0.15) is 5.82 Å². The standard InChI is InChI=1S/C12H12ClN7O6S/c13-12(15-6(21)1-5-16-18-19-17-5)9(24)20-7(8(22)23)4(2-26-11(14)25)3-27-10(12)20/h10H,1-3H2,(H2,14,25)(H,15,21)(H,22,23)(H,16,17,18,19)/t10-,12?/m1/s1. The van der Waals surface area contributed by atoms with Crippen molar-refractivity contribution in [2.45, 2.75) is 16.8 Å². The average Bonchev–Trinajstić information content (AvgIpc) is 3.11. The van der Waals surface area contributed by atoms with Crippen LogP contribution in [0.2, 0.25) is 0 Å². The number of hydrogen-bond donors (Lipinski definition) is 4. The van der Waals surface area contributed by atoms with Crippen LogP contribution in [0.4, 0.5) is 4.79 Å². The number of aromatic amines is 1. The van der Waals surface area contributed by atoms with E-state index in [2.05, 4.69) is 30.7 Å². The molecule has 144 valence electrons. The van der Waals surface area contributed by atoms with Gasteiger partial charge in [0, 0.05) is 11.3 Å². The monoisotopic (exact) mass is 417 g/mol. The molecule has 3 amide bonds. The van der Waals surface area contributed by atoms with Gasteiger partial charge in [-0.1, -0.05) is 11.6 Å². The summed E-state index contributed by atoms with van der Waals surface area (Å²) in [7, 11) is 0. The van der Waals surface area contributed by atoms with E-state index in [1.807, 2.05) is 0 Å². The molecular weight excluding hydrogens is 406 g/mol. The zero-order chi connectivity index (χ0) is 19.8. The first kappa shape index (κ1) is 18.9. The molecule has 1 aromatic heterocycles. The Morgan fingerprint density at radius 1 is 1.52 bits per heavy atom. The molecule has 5 N–H and O–H groups in total. The summed E-state index contributed by atoms with van der Waals surface area (Å²) in [6, 6.07) is 0. The summed E-state index contributed by atoms with van der Waals surface area (Å²) >= 11 is 7.40. The Morgan fingerprint density at radius 2 is 2.26 bits per heavy atom. The third kappa shape index (κ3) is 3.40. The van der Waals surface area contributed by atoms with Gasteiger partial charge in [0.1, 0.15) is 17.7 Å². The molecule has 1 saturated heterocycles. The van der Waals surface area contributed by atoms with Gasteiger partial charge in [0.2, 0.25) is 10.9 Å². The molecule has 27 heavy (non-hydrogen) atoms. The lowest BCUT2D eigenvalue weighted by molar-refractivity contribution is -0.153. The molecular formula is C12H12ClN7O6S. The van der Waals surface area contributed by atoms with E-state index >= 15 is 0 Å². The van der Waals surface area contributed by atoms with Crippen molar-refractivity contribution in [2.75, 3.05) is 12.4 Å². The quantitative estimate of drug-likeness (QED) is 0.231. The number of alkyl halides is 1. The van der Waals surface area contributed by atoms with Crippen molar-refractivity contribution in [3.05, 3.63) is 17.1 Å². The van der Waals surface area contributed by atoms with E-state index in [1.54, 1.807) is 0 Å². The Morgan fingerprint density at radius 3 is 2.85 bits per heavy atom. The van der Waals surface area contributed by atoms with Crippen LogP contribution < -0.4 is 11.1 Å². The largest absolute Gasteiger partial charge is 0.477 e. The summed E-state index contributed by atoms with van der Waals surface area (Å²) in [6.45, 7) is -0.374. The number of thioether (sulfide) groups is 1. The first-order valence-corrected chi connectivity index (χ1v) is 8.72. The minimum absolute atomic E-state index is 0.111. The van der Waals surface area contributed by atoms with Gasteiger partial charge in [-0.15, -0.1) is 16.9 Å². The highest BCUT2D eigenvalue weighted by Crippen LogP contribution is 2.48. The fourth-order valence-electron chi connectivity index (χ4n) is 2.62. The van der Waals surface area contributed by atoms with Crippen LogP contribution in [-0.2, 0) is 25.5 Å². The number of carbonyl (C=O) groups excluding carboxylic acids is 3. The molecule has 2 aliphatic rings. The van der Waals surface area contributed by atoms with Crippen molar-refractivity contribution in [3.63, 3.8) is 0 Å². The number of nitrogens with zero attached hydrogens (tertiary/aromatic N) is 4. The predicted octanol–water partition coefficient (Wildman–Crippen LogP) is -1.86. The maximum atomic E-state index is 12.5. The van der Waals surface area contributed by atoms with E-state index in [0.29, 0.717) is 0 Å². The van der Waals surface area contributed by atoms with Gasteiger partial charge in [-0.3, -0.25) is 14.5 Å². The van der Waals surface area contributed by atoms with E-state index in [4.69, 9.17) is 17.3 Å². The van der Waals surface area contributed by atoms with Crippen LogP contribution in [0.3, 0.4) is 0 Å². The molecule has 1 aromatic rings. The first-order valence-electron chi connectivity index (χ1n) is 7.29. The van der Waals surface area contributed by atoms with Crippen molar-refractivity contribution in [3.8, 4) is 0 Å². The summed E-state index contributed by atoms with van der Waals surface area (Å²) in [5.41, 5.74) is 4.72. The molecule has 0 bridgehead atoms. The lowest BCUT2D eigenvalue weighted by Crippen LogP contribution is -2.77. The van der Waals surface area contributed by atoms with Crippen LogP contribution in [0.15, 0.2) is 11.3 Å². The fourth-order valence-corrected chi connectivity index (χ4v) is 4.42. The number of ether oxygens (including phenoxy) is 1. The van der Waals surface area contributed by atoms with Crippen LogP contribution in [-0.4, -0.2) is 77.2 Å². The minimum atomic E-state index is -1.81. The van der Waals surface area contributed by atoms with Crippen LogP contribution in [0, 0.1) is 0 Å². The number of nitrogens with one attached hydrogen (secondary N) is 2. The van der Waals surface area contributed by atoms with Crippen molar-refractivity contribution in [2.24, 2.45) is 5.73 Å². The number of carbonyl (C=O) groups is 4. The lowest BCUT2D eigenvalue weighted by atomic mass is 10.0. The number of aliphatic carboxylic acids is 1. The van der Waals surface area contributed by atoms with Gasteiger partial charge in [-0.2, -0.15) is 0 Å². The molecule has 15 heteroatoms. The number of halogens is 1. The molecule has 2 atom stereocenters. The molecule has 0 spiro atoms. The number of amides is 3. The Balaban J connectivity index is 1.76. The van der Waals surface area contributed by atoms with Crippen molar-refractivity contribution in [1.29, 1.82) is 0 Å². The van der Waals surface area contributed by atoms with Gasteiger partial charge < -0.3 is 20.9 Å². The van der Waals surface area contributed by atoms with Crippen LogP contribution in [0.5, 0.6) is 0 Å². The molecule has 2 aliphatic heterocycles. The summed E-state index contributed by atoms with van der Waals surface area (Å²) in [5.74, 6) is -2.56. The molecule has 3 rings (SSSR count). The predicted molar refractivity (Wildman–Crippen MR) is 87.9 cm³/mol. The molecule has 0 saturated carbocycles. The van der Waals surface area contributed by atoms with Gasteiger partial charge in [0.25, 0.3) is 5.91 Å². The van der Waals surface area contributed by atoms with Gasteiger partial charge in [0.05, 0.1) is 6.42 Å². The third-order valence-corrected chi connectivity index (χ3v) is 5.71. The number of rotatable bonds is 6. The zero-order valence-electron chi connectivity index (χ0n) is 13.3. The first-order chi connectivity index (χ1) is 12.7. The second kappa shape index (κ2) is 7.03. The van der Waals surface area contributed by atoms with E-state index in [9.17, 15) is 24.3 Å². The second-order valence-electron chi connectivity index (χ2n) is 5.49. The zero-order valence-corrected chi connectivity index (χ0v) is 14.9. The summed E-state index contributed by atoms with van der Waals surface area (Å²) in [6.07, 6.45) is -1.32. The highest BCUT2D eigenvalue weighted by Gasteiger charge is 2.65. The van der Waals surface area contributed by atoms with Gasteiger partial charge >= 0.3 is 12.1 Å². The average molecular weight is 418 g/mol. The number of fused-ring (bicyclic) bond motifs is 1. The Bertz CT molecular complexity index is 845. The molecule has 1 fully saturated rings. The molecule has 1 unspecified atom stereocenters. The van der Waals surface area contributed by atoms with Crippen molar-refractivity contribution >= 4 is 47.2 Å². The minimum Gasteiger partial charge on any atom is -0.477 e. The number of carboxylic acid groups (broad SMARTS) is 1. The van der Waals surface area contributed by atoms with Crippen LogP contribution in [0.25, 0.3) is 0 Å². The maximum absolute atomic E-state index is 12.5. The maximum Gasteiger partial charge on any atom is 0.404 e. The molecule has 0 aromatic carbocycles. The molecule has 0 aliphatic carbocycles. The molecule has 0 radical (unpaired) electrons. The second-order valence-corrected chi connectivity index (χ2v) is 7.15. The van der Waals surface area contributed by atoms with Gasteiger partial charge in [-0.05, 0) is 10.4 Å². The van der Waals surface area contributed by atoms with E-state index < -0.39 is 34.2 Å². The van der Waals surface area contributed by atoms with E-state index in [0.717, 1.165) is 16.7 Å². The number of tetrazole rings is 1. The van der Waals surface area contributed by atoms with Crippen LogP contribution >= 0.6 is 23.4 Å². The number of aromatic nitrogens is 4. The molecule has 13 nitrogen and oxygen atoms in total. The number of H-pyrrole nitrogens is 1. The summed E-state index contributed by atoms with van der Waals surface area (Å²) < 4.78 is 4.62. The van der Waals surface area contributed by atoms with Crippen molar-refractivity contribution in [1.82, 2.24) is 30.8 Å². The number of primary amides is 1. The van der Waals surface area contributed by atoms with Gasteiger partial charge in [-0.25, -0.2) is 14.7 Å². The lowest BCUT2D eigenvalue weighted by Gasteiger charge is -2.53. The van der Waals surface area contributed by atoms with Crippen molar-refractivity contribution < 1.29 is 29.0 Å². The highest BCUT2D eigenvalue weighted by atomic mass is 35.5. The normalized spacial score (nSPS) is 24.1. The Kier molecular flexibility index (Phi) is 4.93. The molecule has 3 heterocycles.